The first kappa shape index (κ1) is 18.2. The maximum absolute atomic E-state index is 13.5. The first-order valence-corrected chi connectivity index (χ1v) is 10.4. The molecule has 3 amide bonds. The van der Waals surface area contributed by atoms with Gasteiger partial charge in [0.15, 0.2) is 0 Å². The van der Waals surface area contributed by atoms with Gasteiger partial charge in [-0.3, -0.25) is 19.7 Å². The topological polar surface area (TPSA) is 66.5 Å². The Kier molecular flexibility index (Phi) is 3.65. The van der Waals surface area contributed by atoms with Crippen molar-refractivity contribution in [2.45, 2.75) is 38.1 Å². The molecule has 3 aliphatic rings. The molecule has 0 spiro atoms. The molecule has 1 saturated heterocycles. The summed E-state index contributed by atoms with van der Waals surface area (Å²) in [4.78, 5) is 39.7. The van der Waals surface area contributed by atoms with Gasteiger partial charge < -0.3 is 4.90 Å². The normalized spacial score (nSPS) is 27.3. The molecule has 1 atom stereocenters. The number of benzene rings is 2. The number of thioether (sulfide) groups is 1. The van der Waals surface area contributed by atoms with Crippen LogP contribution in [0.1, 0.15) is 43.9 Å². The van der Waals surface area contributed by atoms with E-state index >= 15 is 0 Å². The molecule has 5 rings (SSSR count). The maximum atomic E-state index is 13.5. The van der Waals surface area contributed by atoms with Crippen LogP contribution < -0.4 is 10.2 Å². The molecule has 3 aliphatic heterocycles. The highest BCUT2D eigenvalue weighted by atomic mass is 32.2. The minimum atomic E-state index is -0.496. The number of para-hydroxylation sites is 1. The van der Waals surface area contributed by atoms with Crippen LogP contribution in [0.2, 0.25) is 0 Å². The predicted octanol–water partition coefficient (Wildman–Crippen LogP) is 4.22. The zero-order chi connectivity index (χ0) is 20.6. The summed E-state index contributed by atoms with van der Waals surface area (Å²) < 4.78 is 0. The Balaban J connectivity index is 1.82. The molecule has 1 fully saturated rings. The molecule has 0 aromatic heterocycles. The highest BCUT2D eigenvalue weighted by Crippen LogP contribution is 2.57. The quantitative estimate of drug-likeness (QED) is 0.723. The van der Waals surface area contributed by atoms with E-state index in [0.29, 0.717) is 5.57 Å². The average molecular weight is 404 g/mol. The van der Waals surface area contributed by atoms with E-state index in [-0.39, 0.29) is 16.2 Å². The summed E-state index contributed by atoms with van der Waals surface area (Å²) in [5.41, 5.74) is 3.44. The second-order valence-electron chi connectivity index (χ2n) is 8.58. The third-order valence-corrected chi connectivity index (χ3v) is 7.07. The Morgan fingerprint density at radius 3 is 2.34 bits per heavy atom. The van der Waals surface area contributed by atoms with Crippen molar-refractivity contribution in [1.82, 2.24) is 5.32 Å². The molecule has 2 aromatic carbocycles. The molecule has 0 saturated carbocycles. The van der Waals surface area contributed by atoms with Crippen LogP contribution in [0.15, 0.2) is 53.4 Å². The smallest absolute Gasteiger partial charge is 0.290 e. The molecule has 5 nitrogen and oxygen atoms in total. The van der Waals surface area contributed by atoms with Crippen molar-refractivity contribution < 1.29 is 14.4 Å². The summed E-state index contributed by atoms with van der Waals surface area (Å²) in [6.45, 7) is 6.34. The number of nitrogens with zero attached hydrogens (tertiary/aromatic N) is 1. The highest BCUT2D eigenvalue weighted by molar-refractivity contribution is 8.18. The first-order valence-electron chi connectivity index (χ1n) is 9.55. The number of nitrogens with one attached hydrogen (secondary N) is 1. The summed E-state index contributed by atoms with van der Waals surface area (Å²) in [6, 6.07) is 16.2. The Morgan fingerprint density at radius 1 is 0.966 bits per heavy atom. The first-order chi connectivity index (χ1) is 13.7. The third-order valence-electron chi connectivity index (χ3n) is 6.19. The molecule has 6 heteroatoms. The number of amides is 3. The molecule has 29 heavy (non-hydrogen) atoms. The summed E-state index contributed by atoms with van der Waals surface area (Å²) in [5, 5.41) is 1.84. The lowest BCUT2D eigenvalue weighted by Gasteiger charge is -2.49. The van der Waals surface area contributed by atoms with Gasteiger partial charge in [-0.15, -0.1) is 0 Å². The lowest BCUT2D eigenvalue weighted by Crippen LogP contribution is -2.54. The number of carbonyl (C=O) groups excluding carboxylic acids is 3. The van der Waals surface area contributed by atoms with E-state index in [1.165, 1.54) is 5.56 Å². The van der Waals surface area contributed by atoms with Crippen LogP contribution in [-0.2, 0) is 15.0 Å². The third kappa shape index (κ3) is 2.38. The number of anilines is 1. The summed E-state index contributed by atoms with van der Waals surface area (Å²) in [6.07, 6.45) is 0.743. The van der Waals surface area contributed by atoms with Crippen molar-refractivity contribution >= 4 is 40.1 Å². The summed E-state index contributed by atoms with van der Waals surface area (Å²) in [7, 11) is 0. The van der Waals surface area contributed by atoms with Crippen LogP contribution in [0.5, 0.6) is 0 Å². The van der Waals surface area contributed by atoms with Gasteiger partial charge in [-0.25, -0.2) is 0 Å². The van der Waals surface area contributed by atoms with Crippen LogP contribution in [0.3, 0.4) is 0 Å². The minimum absolute atomic E-state index is 0.194. The fourth-order valence-corrected chi connectivity index (χ4v) is 5.91. The standard InChI is InChI=1S/C23H20N2O3S/c1-22(2)12-23(3,13-8-5-4-6-9-13)15-11-7-10-14-16(20(27)25(22)17(14)15)18-19(26)24-21(28)29-18/h4-11H,12H2,1-3H3,(H,24,26,28)/b18-16+. The SMILES string of the molecule is CC1(c2ccccc2)CC(C)(C)N2C(=O)/C(=C3/SC(=O)NC3=O)c3cccc1c32. The average Bonchev–Trinajstić information content (AvgIpc) is 3.16. The van der Waals surface area contributed by atoms with Gasteiger partial charge in [0.05, 0.1) is 16.2 Å². The van der Waals surface area contributed by atoms with Crippen LogP contribution in [0.25, 0.3) is 5.57 Å². The van der Waals surface area contributed by atoms with Crippen molar-refractivity contribution in [2.24, 2.45) is 0 Å². The molecule has 0 radical (unpaired) electrons. The van der Waals surface area contributed by atoms with Crippen molar-refractivity contribution in [3.63, 3.8) is 0 Å². The molecule has 1 unspecified atom stereocenters. The van der Waals surface area contributed by atoms with E-state index in [0.717, 1.165) is 35.0 Å². The van der Waals surface area contributed by atoms with E-state index in [2.05, 4.69) is 44.3 Å². The van der Waals surface area contributed by atoms with Crippen molar-refractivity contribution in [3.8, 4) is 0 Å². The fraction of sp³-hybridized carbons (Fsp3) is 0.261. The largest absolute Gasteiger partial charge is 0.302 e. The van der Waals surface area contributed by atoms with E-state index in [1.54, 1.807) is 0 Å². The Hall–Kier alpha value is -2.86. The highest BCUT2D eigenvalue weighted by Gasteiger charge is 2.53. The second-order valence-corrected chi connectivity index (χ2v) is 9.56. The lowest BCUT2D eigenvalue weighted by atomic mass is 9.65. The molecule has 3 heterocycles. The van der Waals surface area contributed by atoms with E-state index in [1.807, 2.05) is 35.2 Å². The second kappa shape index (κ2) is 5.83. The van der Waals surface area contributed by atoms with Crippen molar-refractivity contribution in [2.75, 3.05) is 4.90 Å². The van der Waals surface area contributed by atoms with Crippen molar-refractivity contribution in [3.05, 3.63) is 70.1 Å². The number of hydrogen-bond donors (Lipinski definition) is 1. The zero-order valence-electron chi connectivity index (χ0n) is 16.4. The Bertz CT molecular complexity index is 1140. The minimum Gasteiger partial charge on any atom is -0.302 e. The monoisotopic (exact) mass is 404 g/mol. The Labute approximate surface area is 173 Å². The maximum Gasteiger partial charge on any atom is 0.290 e. The number of rotatable bonds is 1. The van der Waals surface area contributed by atoms with Gasteiger partial charge in [0.1, 0.15) is 0 Å². The molecular formula is C23H20N2O3S. The van der Waals surface area contributed by atoms with Crippen LogP contribution in [0.4, 0.5) is 10.5 Å². The van der Waals surface area contributed by atoms with Crippen LogP contribution >= 0.6 is 11.8 Å². The van der Waals surface area contributed by atoms with Gasteiger partial charge in [-0.2, -0.15) is 0 Å². The molecule has 2 aromatic rings. The molecule has 1 N–H and O–H groups in total. The van der Waals surface area contributed by atoms with E-state index in [4.69, 9.17) is 0 Å². The number of imide groups is 1. The van der Waals surface area contributed by atoms with Crippen LogP contribution in [-0.4, -0.2) is 22.6 Å². The number of hydrogen-bond acceptors (Lipinski definition) is 4. The van der Waals surface area contributed by atoms with Gasteiger partial charge in [0, 0.05) is 16.5 Å². The number of carbonyl (C=O) groups is 3. The fourth-order valence-electron chi connectivity index (χ4n) is 5.14. The van der Waals surface area contributed by atoms with Gasteiger partial charge >= 0.3 is 0 Å². The van der Waals surface area contributed by atoms with E-state index in [9.17, 15) is 14.4 Å². The van der Waals surface area contributed by atoms with E-state index < -0.39 is 16.7 Å². The molecule has 0 bridgehead atoms. The van der Waals surface area contributed by atoms with Crippen molar-refractivity contribution in [1.29, 1.82) is 0 Å². The van der Waals surface area contributed by atoms with Gasteiger partial charge in [0.25, 0.3) is 17.1 Å². The molecule has 146 valence electrons. The predicted molar refractivity (Wildman–Crippen MR) is 114 cm³/mol. The van der Waals surface area contributed by atoms with Crippen LogP contribution in [0, 0.1) is 0 Å². The summed E-state index contributed by atoms with van der Waals surface area (Å²) in [5.74, 6) is -0.704. The van der Waals surface area contributed by atoms with Gasteiger partial charge in [-0.1, -0.05) is 55.5 Å². The van der Waals surface area contributed by atoms with Gasteiger partial charge in [-0.05, 0) is 43.2 Å². The molecular weight excluding hydrogens is 384 g/mol. The Morgan fingerprint density at radius 2 is 1.69 bits per heavy atom. The summed E-state index contributed by atoms with van der Waals surface area (Å²) >= 11 is 0.806. The molecule has 0 aliphatic carbocycles. The zero-order valence-corrected chi connectivity index (χ0v) is 17.2. The van der Waals surface area contributed by atoms with Gasteiger partial charge in [0.2, 0.25) is 0 Å². The lowest BCUT2D eigenvalue weighted by molar-refractivity contribution is -0.116.